The Kier molecular flexibility index (Phi) is 6.49. The van der Waals surface area contributed by atoms with Gasteiger partial charge < -0.3 is 0 Å². The van der Waals surface area contributed by atoms with Crippen LogP contribution >= 0.6 is 11.3 Å². The molecule has 0 saturated heterocycles. The molecule has 1 aromatic heterocycles. The van der Waals surface area contributed by atoms with Crippen molar-refractivity contribution in [1.29, 1.82) is 0 Å². The maximum Gasteiger partial charge on any atom is 0.240 e. The summed E-state index contributed by atoms with van der Waals surface area (Å²) in [6.45, 7) is 0. The summed E-state index contributed by atoms with van der Waals surface area (Å²) in [5.74, 6) is -0.443. The Morgan fingerprint density at radius 3 is 2.07 bits per heavy atom. The minimum Gasteiger partial charge on any atom is -0.281 e. The fourth-order valence-electron chi connectivity index (χ4n) is 2.51. The number of nitrogens with one attached hydrogen (secondary N) is 1. The van der Waals surface area contributed by atoms with Gasteiger partial charge in [-0.25, -0.2) is 5.43 Å². The highest BCUT2D eigenvalue weighted by atomic mass is 32.1. The van der Waals surface area contributed by atoms with Crippen LogP contribution in [0.3, 0.4) is 0 Å². The van der Waals surface area contributed by atoms with E-state index in [9.17, 15) is 9.59 Å². The number of carbonyl (C=O) groups excluding carboxylic acids is 2. The number of para-hydroxylation sites is 2. The van der Waals surface area contributed by atoms with E-state index in [0.29, 0.717) is 0 Å². The van der Waals surface area contributed by atoms with E-state index in [-0.39, 0.29) is 24.7 Å². The molecule has 1 heterocycles. The van der Waals surface area contributed by atoms with Crippen molar-refractivity contribution < 1.29 is 9.59 Å². The highest BCUT2D eigenvalue weighted by Gasteiger charge is 2.18. The number of thiophene rings is 1. The second-order valence-corrected chi connectivity index (χ2v) is 6.69. The number of anilines is 2. The predicted octanol–water partition coefficient (Wildman–Crippen LogP) is 4.34. The first-order chi connectivity index (χ1) is 13.2. The maximum atomic E-state index is 12.8. The first-order valence-corrected chi connectivity index (χ1v) is 9.40. The Labute approximate surface area is 162 Å². The molecule has 6 heteroatoms. The van der Waals surface area contributed by atoms with E-state index in [1.165, 1.54) is 11.3 Å². The first kappa shape index (κ1) is 18.5. The van der Waals surface area contributed by atoms with Gasteiger partial charge in [-0.3, -0.25) is 14.5 Å². The molecule has 0 aliphatic carbocycles. The summed E-state index contributed by atoms with van der Waals surface area (Å²) < 4.78 is 0. The normalized spacial score (nSPS) is 10.7. The van der Waals surface area contributed by atoms with Gasteiger partial charge in [0.15, 0.2) is 0 Å². The van der Waals surface area contributed by atoms with Crippen LogP contribution in [0.5, 0.6) is 0 Å². The molecule has 136 valence electrons. The number of hydrogen-bond acceptors (Lipinski definition) is 4. The second-order valence-electron chi connectivity index (χ2n) is 5.71. The van der Waals surface area contributed by atoms with Crippen molar-refractivity contribution in [3.8, 4) is 0 Å². The predicted molar refractivity (Wildman–Crippen MR) is 109 cm³/mol. The lowest BCUT2D eigenvalue weighted by Crippen LogP contribution is -2.27. The molecule has 0 radical (unpaired) electrons. The third-order valence-electron chi connectivity index (χ3n) is 3.77. The molecule has 1 N–H and O–H groups in total. The molecule has 2 aromatic carbocycles. The molecule has 0 bridgehead atoms. The highest BCUT2D eigenvalue weighted by molar-refractivity contribution is 7.11. The fraction of sp³-hybridized carbons (Fsp3) is 0.0952. The number of hydrazone groups is 1. The van der Waals surface area contributed by atoms with Crippen LogP contribution in [0, 0.1) is 0 Å². The maximum absolute atomic E-state index is 12.8. The largest absolute Gasteiger partial charge is 0.281 e. The fourth-order valence-corrected chi connectivity index (χ4v) is 3.10. The lowest BCUT2D eigenvalue weighted by molar-refractivity contribution is -0.124. The van der Waals surface area contributed by atoms with Crippen molar-refractivity contribution in [2.24, 2.45) is 5.10 Å². The molecule has 2 amide bonds. The molecule has 0 aliphatic rings. The van der Waals surface area contributed by atoms with Gasteiger partial charge in [-0.2, -0.15) is 5.10 Å². The topological polar surface area (TPSA) is 61.8 Å². The second kappa shape index (κ2) is 9.45. The van der Waals surface area contributed by atoms with Crippen LogP contribution in [0.25, 0.3) is 0 Å². The van der Waals surface area contributed by atoms with Crippen LogP contribution < -0.4 is 10.3 Å². The molecular weight excluding hydrogens is 358 g/mol. The van der Waals surface area contributed by atoms with E-state index in [1.54, 1.807) is 11.1 Å². The van der Waals surface area contributed by atoms with E-state index >= 15 is 0 Å². The van der Waals surface area contributed by atoms with E-state index in [2.05, 4.69) is 10.5 Å². The minimum atomic E-state index is -0.294. The number of benzene rings is 2. The third kappa shape index (κ3) is 5.36. The molecule has 27 heavy (non-hydrogen) atoms. The zero-order valence-electron chi connectivity index (χ0n) is 14.6. The Bertz CT molecular complexity index is 854. The van der Waals surface area contributed by atoms with Crippen molar-refractivity contribution in [3.05, 3.63) is 83.1 Å². The molecule has 0 unspecified atom stereocenters. The van der Waals surface area contributed by atoms with Crippen LogP contribution in [0.4, 0.5) is 11.4 Å². The summed E-state index contributed by atoms with van der Waals surface area (Å²) in [5.41, 5.74) is 4.00. The summed E-state index contributed by atoms with van der Waals surface area (Å²) in [6, 6.07) is 22.6. The molecular formula is C21H19N3O2S. The van der Waals surface area contributed by atoms with Gasteiger partial charge in [0.1, 0.15) is 0 Å². The Morgan fingerprint density at radius 1 is 0.889 bits per heavy atom. The molecule has 0 aliphatic heterocycles. The zero-order valence-corrected chi connectivity index (χ0v) is 15.4. The smallest absolute Gasteiger partial charge is 0.240 e. The SMILES string of the molecule is O=C(CCC(=O)N(c1ccccc1)c1ccccc1)N/N=C/c1cccs1. The first-order valence-electron chi connectivity index (χ1n) is 8.52. The van der Waals surface area contributed by atoms with Gasteiger partial charge >= 0.3 is 0 Å². The standard InChI is InChI=1S/C21H19N3O2S/c25-20(23-22-16-19-12-7-15-27-19)13-14-21(26)24(17-8-3-1-4-9-17)18-10-5-2-6-11-18/h1-12,15-16H,13-14H2,(H,23,25)/b22-16+. The molecule has 3 aromatic rings. The van der Waals surface area contributed by atoms with Crippen LogP contribution in [-0.2, 0) is 9.59 Å². The Balaban J connectivity index is 1.62. The molecule has 0 saturated carbocycles. The molecule has 5 nitrogen and oxygen atoms in total. The highest BCUT2D eigenvalue weighted by Crippen LogP contribution is 2.26. The van der Waals surface area contributed by atoms with E-state index in [4.69, 9.17) is 0 Å². The van der Waals surface area contributed by atoms with Crippen molar-refractivity contribution in [2.75, 3.05) is 4.90 Å². The van der Waals surface area contributed by atoms with Crippen molar-refractivity contribution in [1.82, 2.24) is 5.43 Å². The summed E-state index contributed by atoms with van der Waals surface area (Å²) in [7, 11) is 0. The average Bonchev–Trinajstić information content (AvgIpc) is 3.22. The monoisotopic (exact) mass is 377 g/mol. The quantitative estimate of drug-likeness (QED) is 0.492. The van der Waals surface area contributed by atoms with Crippen LogP contribution in [0.15, 0.2) is 83.3 Å². The zero-order chi connectivity index (χ0) is 18.9. The van der Waals surface area contributed by atoms with Gasteiger partial charge in [0.2, 0.25) is 11.8 Å². The van der Waals surface area contributed by atoms with Crippen LogP contribution in [-0.4, -0.2) is 18.0 Å². The van der Waals surface area contributed by atoms with Gasteiger partial charge in [-0.15, -0.1) is 11.3 Å². The van der Waals surface area contributed by atoms with Gasteiger partial charge in [0.05, 0.1) is 6.21 Å². The Hall–Kier alpha value is -3.25. The number of hydrogen-bond donors (Lipinski definition) is 1. The van der Waals surface area contributed by atoms with Gasteiger partial charge in [-0.05, 0) is 35.7 Å². The van der Waals surface area contributed by atoms with E-state index in [0.717, 1.165) is 16.3 Å². The summed E-state index contributed by atoms with van der Waals surface area (Å²) in [4.78, 5) is 27.4. The number of nitrogens with zero attached hydrogens (tertiary/aromatic N) is 2. The number of carbonyl (C=O) groups is 2. The van der Waals surface area contributed by atoms with Crippen LogP contribution in [0.2, 0.25) is 0 Å². The van der Waals surface area contributed by atoms with Crippen molar-refractivity contribution in [3.63, 3.8) is 0 Å². The van der Waals surface area contributed by atoms with Crippen LogP contribution in [0.1, 0.15) is 17.7 Å². The molecule has 3 rings (SSSR count). The average molecular weight is 377 g/mol. The van der Waals surface area contributed by atoms with Gasteiger partial charge in [0.25, 0.3) is 0 Å². The number of rotatable bonds is 7. The lowest BCUT2D eigenvalue weighted by Gasteiger charge is -2.23. The van der Waals surface area contributed by atoms with E-state index < -0.39 is 0 Å². The van der Waals surface area contributed by atoms with Crippen molar-refractivity contribution in [2.45, 2.75) is 12.8 Å². The minimum absolute atomic E-state index is 0.0663. The summed E-state index contributed by atoms with van der Waals surface area (Å²) >= 11 is 1.53. The molecule has 0 spiro atoms. The van der Waals surface area contributed by atoms with Crippen molar-refractivity contribution >= 4 is 40.7 Å². The number of amides is 2. The van der Waals surface area contributed by atoms with Gasteiger partial charge in [-0.1, -0.05) is 42.5 Å². The van der Waals surface area contributed by atoms with E-state index in [1.807, 2.05) is 78.2 Å². The summed E-state index contributed by atoms with van der Waals surface area (Å²) in [5, 5.41) is 5.85. The summed E-state index contributed by atoms with van der Waals surface area (Å²) in [6.07, 6.45) is 1.74. The molecule has 0 atom stereocenters. The molecule has 0 fully saturated rings. The lowest BCUT2D eigenvalue weighted by atomic mass is 10.2. The van der Waals surface area contributed by atoms with Gasteiger partial charge in [0, 0.05) is 29.1 Å². The third-order valence-corrected chi connectivity index (χ3v) is 4.58. The Morgan fingerprint density at radius 2 is 1.52 bits per heavy atom.